The molecule has 0 heteroatoms. The Labute approximate surface area is 83.0 Å². The first-order valence-electron chi connectivity index (χ1n) is 5.19. The van der Waals surface area contributed by atoms with Crippen molar-refractivity contribution in [1.82, 2.24) is 0 Å². The summed E-state index contributed by atoms with van der Waals surface area (Å²) in [6.07, 6.45) is 0. The fraction of sp³-hybridized carbons (Fsp3) is 0.538. The molecule has 74 valence electrons. The fourth-order valence-electron chi connectivity index (χ4n) is 1.74. The number of benzene rings is 1. The van der Waals surface area contributed by atoms with Gasteiger partial charge in [0.1, 0.15) is 0 Å². The van der Waals surface area contributed by atoms with E-state index in [4.69, 9.17) is 0 Å². The SMILES string of the molecule is CC.Cc1cccc(C)c1C(C)C. The van der Waals surface area contributed by atoms with Crippen LogP contribution >= 0.6 is 0 Å². The van der Waals surface area contributed by atoms with E-state index in [2.05, 4.69) is 45.9 Å². The van der Waals surface area contributed by atoms with Crippen LogP contribution in [0.3, 0.4) is 0 Å². The second-order valence-corrected chi connectivity index (χ2v) is 3.46. The maximum Gasteiger partial charge on any atom is -0.0214 e. The van der Waals surface area contributed by atoms with E-state index < -0.39 is 0 Å². The minimum atomic E-state index is 0.649. The van der Waals surface area contributed by atoms with Crippen molar-refractivity contribution in [3.8, 4) is 0 Å². The van der Waals surface area contributed by atoms with Gasteiger partial charge in [0, 0.05) is 0 Å². The van der Waals surface area contributed by atoms with E-state index in [1.807, 2.05) is 13.8 Å². The van der Waals surface area contributed by atoms with Gasteiger partial charge in [-0.05, 0) is 36.5 Å². The van der Waals surface area contributed by atoms with Crippen molar-refractivity contribution in [2.45, 2.75) is 47.5 Å². The maximum atomic E-state index is 2.25. The Morgan fingerprint density at radius 2 is 1.31 bits per heavy atom. The Bertz CT molecular complexity index is 226. The number of hydrogen-bond acceptors (Lipinski definition) is 0. The summed E-state index contributed by atoms with van der Waals surface area (Å²) in [4.78, 5) is 0. The Morgan fingerprint density at radius 3 is 1.54 bits per heavy atom. The molecule has 0 radical (unpaired) electrons. The molecule has 0 unspecified atom stereocenters. The molecule has 1 aromatic rings. The molecule has 0 aliphatic carbocycles. The van der Waals surface area contributed by atoms with E-state index in [1.54, 1.807) is 0 Å². The quantitative estimate of drug-likeness (QED) is 0.596. The van der Waals surface area contributed by atoms with Gasteiger partial charge in [0.05, 0.1) is 0 Å². The van der Waals surface area contributed by atoms with Gasteiger partial charge < -0.3 is 0 Å². The summed E-state index contributed by atoms with van der Waals surface area (Å²) in [5.41, 5.74) is 4.34. The van der Waals surface area contributed by atoms with Crippen molar-refractivity contribution >= 4 is 0 Å². The number of aryl methyl sites for hydroxylation is 2. The average molecular weight is 178 g/mol. The normalized spacial score (nSPS) is 9.46. The van der Waals surface area contributed by atoms with Gasteiger partial charge in [-0.1, -0.05) is 45.9 Å². The highest BCUT2D eigenvalue weighted by atomic mass is 14.1. The second kappa shape index (κ2) is 5.80. The van der Waals surface area contributed by atoms with Gasteiger partial charge in [-0.2, -0.15) is 0 Å². The summed E-state index contributed by atoms with van der Waals surface area (Å²) in [5.74, 6) is 0.649. The zero-order valence-corrected chi connectivity index (χ0v) is 9.81. The van der Waals surface area contributed by atoms with Crippen LogP contribution in [0.2, 0.25) is 0 Å². The van der Waals surface area contributed by atoms with Crippen molar-refractivity contribution in [2.24, 2.45) is 0 Å². The predicted molar refractivity (Wildman–Crippen MR) is 61.4 cm³/mol. The molecule has 0 spiro atoms. The minimum Gasteiger partial charge on any atom is -0.0683 e. The molecule has 0 aliphatic rings. The number of rotatable bonds is 1. The van der Waals surface area contributed by atoms with Crippen LogP contribution in [0.15, 0.2) is 18.2 Å². The van der Waals surface area contributed by atoms with E-state index in [0.29, 0.717) is 5.92 Å². The molecule has 0 nitrogen and oxygen atoms in total. The van der Waals surface area contributed by atoms with E-state index >= 15 is 0 Å². The standard InChI is InChI=1S/C11H16.C2H6/c1-8(2)11-9(3)6-5-7-10(11)4;1-2/h5-8H,1-4H3;1-2H3. The molecule has 0 aliphatic heterocycles. The summed E-state index contributed by atoms with van der Waals surface area (Å²) in [7, 11) is 0. The highest BCUT2D eigenvalue weighted by Crippen LogP contribution is 2.22. The van der Waals surface area contributed by atoms with Crippen LogP contribution in [0.4, 0.5) is 0 Å². The molecular weight excluding hydrogens is 156 g/mol. The summed E-state index contributed by atoms with van der Waals surface area (Å²) in [6, 6.07) is 6.49. The zero-order valence-electron chi connectivity index (χ0n) is 9.81. The first-order chi connectivity index (χ1) is 6.13. The molecule has 0 fully saturated rings. The topological polar surface area (TPSA) is 0 Å². The van der Waals surface area contributed by atoms with Crippen molar-refractivity contribution in [3.63, 3.8) is 0 Å². The summed E-state index contributed by atoms with van der Waals surface area (Å²) in [5, 5.41) is 0. The van der Waals surface area contributed by atoms with Crippen molar-refractivity contribution in [1.29, 1.82) is 0 Å². The van der Waals surface area contributed by atoms with Crippen LogP contribution in [0.25, 0.3) is 0 Å². The van der Waals surface area contributed by atoms with Gasteiger partial charge in [-0.25, -0.2) is 0 Å². The molecule has 0 heterocycles. The lowest BCUT2D eigenvalue weighted by Crippen LogP contribution is -1.94. The molecule has 13 heavy (non-hydrogen) atoms. The highest BCUT2D eigenvalue weighted by molar-refractivity contribution is 5.35. The average Bonchev–Trinajstić information content (AvgIpc) is 2.07. The van der Waals surface area contributed by atoms with Gasteiger partial charge in [0.15, 0.2) is 0 Å². The fourth-order valence-corrected chi connectivity index (χ4v) is 1.74. The van der Waals surface area contributed by atoms with Crippen molar-refractivity contribution in [3.05, 3.63) is 34.9 Å². The third-order valence-electron chi connectivity index (χ3n) is 2.12. The third kappa shape index (κ3) is 3.22. The largest absolute Gasteiger partial charge is 0.0683 e. The summed E-state index contributed by atoms with van der Waals surface area (Å²) < 4.78 is 0. The summed E-state index contributed by atoms with van der Waals surface area (Å²) in [6.45, 7) is 12.9. The van der Waals surface area contributed by atoms with Crippen molar-refractivity contribution in [2.75, 3.05) is 0 Å². The molecule has 0 bridgehead atoms. The maximum absolute atomic E-state index is 2.25. The number of hydrogen-bond donors (Lipinski definition) is 0. The van der Waals surface area contributed by atoms with Crippen LogP contribution in [-0.2, 0) is 0 Å². The minimum absolute atomic E-state index is 0.649. The van der Waals surface area contributed by atoms with Crippen molar-refractivity contribution < 1.29 is 0 Å². The molecule has 0 N–H and O–H groups in total. The van der Waals surface area contributed by atoms with Crippen LogP contribution in [0.1, 0.15) is 50.3 Å². The zero-order chi connectivity index (χ0) is 10.4. The Morgan fingerprint density at radius 1 is 0.923 bits per heavy atom. The van der Waals surface area contributed by atoms with E-state index in [-0.39, 0.29) is 0 Å². The monoisotopic (exact) mass is 178 g/mol. The van der Waals surface area contributed by atoms with Crippen LogP contribution < -0.4 is 0 Å². The van der Waals surface area contributed by atoms with Gasteiger partial charge in [0.25, 0.3) is 0 Å². The lowest BCUT2D eigenvalue weighted by molar-refractivity contribution is 0.846. The lowest BCUT2D eigenvalue weighted by atomic mass is 9.94. The molecular formula is C13H22. The molecule has 0 saturated heterocycles. The lowest BCUT2D eigenvalue weighted by Gasteiger charge is -2.12. The molecule has 0 aromatic heterocycles. The van der Waals surface area contributed by atoms with E-state index in [1.165, 1.54) is 16.7 Å². The molecule has 0 atom stereocenters. The summed E-state index contributed by atoms with van der Waals surface area (Å²) >= 11 is 0. The highest BCUT2D eigenvalue weighted by Gasteiger charge is 2.04. The molecule has 0 amide bonds. The second-order valence-electron chi connectivity index (χ2n) is 3.46. The van der Waals surface area contributed by atoms with E-state index in [0.717, 1.165) is 0 Å². The Hall–Kier alpha value is -0.780. The van der Waals surface area contributed by atoms with Crippen LogP contribution in [0, 0.1) is 13.8 Å². The first-order valence-corrected chi connectivity index (χ1v) is 5.19. The molecule has 1 aromatic carbocycles. The van der Waals surface area contributed by atoms with Gasteiger partial charge >= 0.3 is 0 Å². The van der Waals surface area contributed by atoms with E-state index in [9.17, 15) is 0 Å². The van der Waals surface area contributed by atoms with Gasteiger partial charge in [0.2, 0.25) is 0 Å². The molecule has 0 saturated carbocycles. The smallest absolute Gasteiger partial charge is 0.0214 e. The predicted octanol–water partition coefficient (Wildman–Crippen LogP) is 4.45. The Kier molecular flexibility index (Phi) is 5.45. The first kappa shape index (κ1) is 12.2. The van der Waals surface area contributed by atoms with Gasteiger partial charge in [-0.3, -0.25) is 0 Å². The van der Waals surface area contributed by atoms with Crippen LogP contribution in [-0.4, -0.2) is 0 Å². The Balaban J connectivity index is 0.000000671. The van der Waals surface area contributed by atoms with Gasteiger partial charge in [-0.15, -0.1) is 0 Å². The third-order valence-corrected chi connectivity index (χ3v) is 2.12. The molecule has 1 rings (SSSR count). The van der Waals surface area contributed by atoms with Crippen LogP contribution in [0.5, 0.6) is 0 Å².